The molecule has 5 nitrogen and oxygen atoms in total. The summed E-state index contributed by atoms with van der Waals surface area (Å²) in [7, 11) is 0. The molecule has 0 aliphatic carbocycles. The first-order valence-electron chi connectivity index (χ1n) is 10.3. The van der Waals surface area contributed by atoms with Crippen molar-refractivity contribution in [2.75, 3.05) is 36.4 Å². The predicted molar refractivity (Wildman–Crippen MR) is 130 cm³/mol. The summed E-state index contributed by atoms with van der Waals surface area (Å²) in [4.78, 5) is 29.5. The van der Waals surface area contributed by atoms with Crippen molar-refractivity contribution in [1.82, 2.24) is 4.90 Å². The maximum Gasteiger partial charge on any atom is 0.267 e. The molecule has 0 atom stereocenters. The molecule has 0 unspecified atom stereocenters. The molecule has 8 heteroatoms. The van der Waals surface area contributed by atoms with Crippen LogP contribution >= 0.6 is 34.5 Å². The number of nitrogens with zero attached hydrogens (tertiary/aromatic N) is 2. The third-order valence-electron chi connectivity index (χ3n) is 5.38. The molecule has 1 fully saturated rings. The molecule has 1 N–H and O–H groups in total. The van der Waals surface area contributed by atoms with Crippen molar-refractivity contribution in [3.63, 3.8) is 0 Å². The Morgan fingerprint density at radius 2 is 1.74 bits per heavy atom. The van der Waals surface area contributed by atoms with Crippen LogP contribution in [0.15, 0.2) is 42.5 Å². The number of piperazine rings is 1. The predicted octanol–water partition coefficient (Wildman–Crippen LogP) is 5.91. The van der Waals surface area contributed by atoms with E-state index >= 15 is 0 Å². The molecule has 3 aromatic rings. The molecular weight excluding hydrogens is 453 g/mol. The first-order chi connectivity index (χ1) is 15.0. The fraction of sp³-hybridized carbons (Fsp3) is 0.304. The quantitative estimate of drug-likeness (QED) is 0.498. The van der Waals surface area contributed by atoms with Crippen LogP contribution in [0.2, 0.25) is 10.0 Å². The van der Waals surface area contributed by atoms with Gasteiger partial charge in [0.15, 0.2) is 0 Å². The zero-order valence-electron chi connectivity index (χ0n) is 17.2. The van der Waals surface area contributed by atoms with Crippen molar-refractivity contribution >= 4 is 67.8 Å². The normalized spacial score (nSPS) is 14.2. The Labute approximate surface area is 195 Å². The Morgan fingerprint density at radius 3 is 2.42 bits per heavy atom. The van der Waals surface area contributed by atoms with E-state index in [1.165, 1.54) is 11.3 Å². The Morgan fingerprint density at radius 1 is 1.03 bits per heavy atom. The van der Waals surface area contributed by atoms with Crippen molar-refractivity contribution in [3.05, 3.63) is 57.4 Å². The van der Waals surface area contributed by atoms with Gasteiger partial charge in [-0.05, 0) is 42.8 Å². The van der Waals surface area contributed by atoms with Crippen LogP contribution in [0.1, 0.15) is 29.4 Å². The fourth-order valence-corrected chi connectivity index (χ4v) is 5.40. The van der Waals surface area contributed by atoms with Crippen LogP contribution < -0.4 is 10.2 Å². The van der Waals surface area contributed by atoms with Gasteiger partial charge in [0, 0.05) is 59.1 Å². The van der Waals surface area contributed by atoms with Crippen molar-refractivity contribution in [1.29, 1.82) is 0 Å². The summed E-state index contributed by atoms with van der Waals surface area (Å²) in [6, 6.07) is 13.2. The molecule has 162 valence electrons. The summed E-state index contributed by atoms with van der Waals surface area (Å²) >= 11 is 13.8. The van der Waals surface area contributed by atoms with Crippen molar-refractivity contribution in [2.45, 2.75) is 19.8 Å². The minimum absolute atomic E-state index is 0.238. The standard InChI is InChI=1S/C23H23Cl2N3O2S/c1-2-3-20(29)28-12-10-27(11-13-28)17-7-5-16(6-8-17)26-23(30)22-21(25)18-9-4-15(24)14-19(18)31-22/h4-9,14H,2-3,10-13H2,1H3,(H,26,30). The van der Waals surface area contributed by atoms with Crippen LogP contribution in [-0.2, 0) is 4.79 Å². The smallest absolute Gasteiger partial charge is 0.267 e. The van der Waals surface area contributed by atoms with Crippen LogP contribution in [0.25, 0.3) is 10.1 Å². The van der Waals surface area contributed by atoms with Crippen molar-refractivity contribution < 1.29 is 9.59 Å². The summed E-state index contributed by atoms with van der Waals surface area (Å²) in [5.41, 5.74) is 1.78. The fourth-order valence-electron chi connectivity index (χ4n) is 3.71. The lowest BCUT2D eigenvalue weighted by atomic mass is 10.2. The lowest BCUT2D eigenvalue weighted by Gasteiger charge is -2.36. The highest BCUT2D eigenvalue weighted by molar-refractivity contribution is 7.21. The molecule has 2 amide bonds. The van der Waals surface area contributed by atoms with E-state index in [4.69, 9.17) is 23.2 Å². The molecule has 0 radical (unpaired) electrons. The van der Waals surface area contributed by atoms with E-state index in [0.29, 0.717) is 27.0 Å². The molecule has 31 heavy (non-hydrogen) atoms. The Hall–Kier alpha value is -2.28. The maximum atomic E-state index is 12.8. The van der Waals surface area contributed by atoms with Crippen molar-refractivity contribution in [2.24, 2.45) is 0 Å². The number of carbonyl (C=O) groups is 2. The molecule has 1 aliphatic heterocycles. The summed E-state index contributed by atoms with van der Waals surface area (Å²) in [6.07, 6.45) is 1.50. The Kier molecular flexibility index (Phi) is 6.70. The number of hydrogen-bond acceptors (Lipinski definition) is 4. The van der Waals surface area contributed by atoms with Gasteiger partial charge in [0.05, 0.1) is 5.02 Å². The summed E-state index contributed by atoms with van der Waals surface area (Å²) in [5.74, 6) is 0.000466. The first kappa shape index (κ1) is 21.9. The van der Waals surface area contributed by atoms with Gasteiger partial charge in [-0.2, -0.15) is 0 Å². The van der Waals surface area contributed by atoms with Crippen LogP contribution in [0, 0.1) is 0 Å². The topological polar surface area (TPSA) is 52.7 Å². The Bertz CT molecular complexity index is 1110. The second-order valence-corrected chi connectivity index (χ2v) is 9.37. The number of nitrogens with one attached hydrogen (secondary N) is 1. The number of fused-ring (bicyclic) bond motifs is 1. The third-order valence-corrected chi connectivity index (χ3v) is 7.28. The van der Waals surface area contributed by atoms with Gasteiger partial charge < -0.3 is 15.1 Å². The molecule has 1 saturated heterocycles. The third kappa shape index (κ3) is 4.81. The number of thiophene rings is 1. The molecular formula is C23H23Cl2N3O2S. The number of halogens is 2. The zero-order chi connectivity index (χ0) is 22.0. The monoisotopic (exact) mass is 475 g/mol. The van der Waals surface area contributed by atoms with E-state index in [0.717, 1.165) is 48.4 Å². The zero-order valence-corrected chi connectivity index (χ0v) is 19.5. The molecule has 0 bridgehead atoms. The number of benzene rings is 2. The van der Waals surface area contributed by atoms with E-state index in [9.17, 15) is 9.59 Å². The molecule has 1 aliphatic rings. The summed E-state index contributed by atoms with van der Waals surface area (Å²) in [6.45, 7) is 5.12. The van der Waals surface area contributed by atoms with Crippen LogP contribution in [0.5, 0.6) is 0 Å². The summed E-state index contributed by atoms with van der Waals surface area (Å²) < 4.78 is 0.884. The van der Waals surface area contributed by atoms with E-state index < -0.39 is 0 Å². The minimum atomic E-state index is -0.238. The second-order valence-electron chi connectivity index (χ2n) is 7.50. The number of hydrogen-bond donors (Lipinski definition) is 1. The van der Waals surface area contributed by atoms with E-state index in [2.05, 4.69) is 10.2 Å². The molecule has 2 aromatic carbocycles. The number of amides is 2. The maximum absolute atomic E-state index is 12.8. The van der Waals surface area contributed by atoms with Crippen molar-refractivity contribution in [3.8, 4) is 0 Å². The number of rotatable bonds is 5. The Balaban J connectivity index is 1.40. The highest BCUT2D eigenvalue weighted by Gasteiger charge is 2.21. The van der Waals surface area contributed by atoms with E-state index in [1.54, 1.807) is 6.07 Å². The first-order valence-corrected chi connectivity index (χ1v) is 11.8. The lowest BCUT2D eigenvalue weighted by molar-refractivity contribution is -0.131. The van der Waals surface area contributed by atoms with Gasteiger partial charge in [0.2, 0.25) is 5.91 Å². The minimum Gasteiger partial charge on any atom is -0.368 e. The number of carbonyl (C=O) groups excluding carboxylic acids is 2. The van der Waals surface area contributed by atoms with Crippen LogP contribution in [0.3, 0.4) is 0 Å². The highest BCUT2D eigenvalue weighted by Crippen LogP contribution is 2.37. The van der Waals surface area contributed by atoms with Gasteiger partial charge in [0.1, 0.15) is 4.88 Å². The summed E-state index contributed by atoms with van der Waals surface area (Å²) in [5, 5.41) is 4.81. The van der Waals surface area contributed by atoms with E-state index in [-0.39, 0.29) is 11.8 Å². The second kappa shape index (κ2) is 9.47. The van der Waals surface area contributed by atoms with Gasteiger partial charge in [-0.1, -0.05) is 36.2 Å². The van der Waals surface area contributed by atoms with Crippen LogP contribution in [0.4, 0.5) is 11.4 Å². The van der Waals surface area contributed by atoms with Gasteiger partial charge in [0.25, 0.3) is 5.91 Å². The van der Waals surface area contributed by atoms with Gasteiger partial charge >= 0.3 is 0 Å². The van der Waals surface area contributed by atoms with Gasteiger partial charge in [-0.15, -0.1) is 11.3 Å². The molecule has 4 rings (SSSR count). The molecule has 2 heterocycles. The molecule has 0 saturated carbocycles. The van der Waals surface area contributed by atoms with Gasteiger partial charge in [-0.25, -0.2) is 0 Å². The average molecular weight is 476 g/mol. The van der Waals surface area contributed by atoms with Crippen LogP contribution in [-0.4, -0.2) is 42.9 Å². The lowest BCUT2D eigenvalue weighted by Crippen LogP contribution is -2.48. The highest BCUT2D eigenvalue weighted by atomic mass is 35.5. The molecule has 0 spiro atoms. The largest absolute Gasteiger partial charge is 0.368 e. The average Bonchev–Trinajstić information content (AvgIpc) is 3.10. The number of anilines is 2. The SMILES string of the molecule is CCCC(=O)N1CCN(c2ccc(NC(=O)c3sc4cc(Cl)ccc4c3Cl)cc2)CC1. The molecule has 1 aromatic heterocycles. The van der Waals surface area contributed by atoms with E-state index in [1.807, 2.05) is 48.2 Å². The van der Waals surface area contributed by atoms with Gasteiger partial charge in [-0.3, -0.25) is 9.59 Å².